The number of nitrogens with one attached hydrogen (secondary N) is 1. The number of ether oxygens (including phenoxy) is 2. The maximum absolute atomic E-state index is 12.3. The lowest BCUT2D eigenvalue weighted by Gasteiger charge is -2.16. The normalized spacial score (nSPS) is 13.2. The number of esters is 1. The van der Waals surface area contributed by atoms with Gasteiger partial charge in [-0.1, -0.05) is 94.5 Å². The maximum Gasteiger partial charge on any atom is 0.407 e. The number of carbonyl (C=O) groups is 2. The number of unbranched alkanes of at least 4 members (excludes halogenated alkanes) is 5. The van der Waals surface area contributed by atoms with Gasteiger partial charge in [-0.15, -0.1) is 0 Å². The highest BCUT2D eigenvalue weighted by molar-refractivity contribution is 5.79. The lowest BCUT2D eigenvalue weighted by molar-refractivity contribution is -0.147. The average Bonchev–Trinajstić information content (AvgIpc) is 3.14. The minimum absolute atomic E-state index is 0.0212. The smallest absolute Gasteiger partial charge is 0.407 e. The molecule has 0 saturated carbocycles. The van der Waals surface area contributed by atoms with Gasteiger partial charge in [-0.2, -0.15) is 0 Å². The first-order valence-corrected chi connectivity index (χ1v) is 11.9. The molecule has 0 heterocycles. The Morgan fingerprint density at radius 2 is 1.47 bits per heavy atom. The molecular formula is C27H35NO4. The lowest BCUT2D eigenvalue weighted by atomic mass is 9.98. The molecule has 32 heavy (non-hydrogen) atoms. The van der Waals surface area contributed by atoms with Gasteiger partial charge >= 0.3 is 12.1 Å². The van der Waals surface area contributed by atoms with E-state index in [1.54, 1.807) is 6.92 Å². The molecule has 0 aliphatic heterocycles. The van der Waals surface area contributed by atoms with Crippen molar-refractivity contribution in [2.45, 2.75) is 58.3 Å². The molecule has 0 radical (unpaired) electrons. The monoisotopic (exact) mass is 437 g/mol. The molecule has 3 rings (SSSR count). The molecule has 0 spiro atoms. The molecule has 2 aromatic rings. The fourth-order valence-electron chi connectivity index (χ4n) is 4.17. The van der Waals surface area contributed by atoms with Crippen molar-refractivity contribution in [2.75, 3.05) is 19.8 Å². The van der Waals surface area contributed by atoms with E-state index in [-0.39, 0.29) is 25.0 Å². The molecule has 1 aliphatic carbocycles. The summed E-state index contributed by atoms with van der Waals surface area (Å²) in [6.07, 6.45) is 6.38. The number of hydrogen-bond acceptors (Lipinski definition) is 4. The van der Waals surface area contributed by atoms with Crippen LogP contribution in [0.2, 0.25) is 0 Å². The molecular weight excluding hydrogens is 402 g/mol. The van der Waals surface area contributed by atoms with E-state index in [2.05, 4.69) is 36.5 Å². The minimum Gasteiger partial charge on any atom is -0.465 e. The molecule has 1 aliphatic rings. The Bertz CT molecular complexity index is 849. The highest BCUT2D eigenvalue weighted by atomic mass is 16.5. The molecule has 0 fully saturated rings. The summed E-state index contributed by atoms with van der Waals surface area (Å²) in [6, 6.07) is 16.5. The second-order valence-electron chi connectivity index (χ2n) is 8.54. The van der Waals surface area contributed by atoms with Crippen molar-refractivity contribution in [1.82, 2.24) is 5.32 Å². The number of benzene rings is 2. The Kier molecular flexibility index (Phi) is 9.14. The van der Waals surface area contributed by atoms with Gasteiger partial charge in [0.05, 0.1) is 12.5 Å². The molecule has 0 aromatic heterocycles. The van der Waals surface area contributed by atoms with Crippen LogP contribution in [0.25, 0.3) is 11.1 Å². The van der Waals surface area contributed by atoms with Crippen molar-refractivity contribution in [2.24, 2.45) is 5.92 Å². The van der Waals surface area contributed by atoms with E-state index in [1.165, 1.54) is 47.9 Å². The molecule has 172 valence electrons. The summed E-state index contributed by atoms with van der Waals surface area (Å²) in [5.41, 5.74) is 4.74. The van der Waals surface area contributed by atoms with E-state index < -0.39 is 12.0 Å². The molecule has 0 saturated heterocycles. The van der Waals surface area contributed by atoms with Crippen LogP contribution in [0.3, 0.4) is 0 Å². The van der Waals surface area contributed by atoms with Crippen LogP contribution in [-0.2, 0) is 14.3 Å². The molecule has 5 nitrogen and oxygen atoms in total. The first-order valence-electron chi connectivity index (χ1n) is 11.9. The van der Waals surface area contributed by atoms with Gasteiger partial charge in [-0.25, -0.2) is 4.79 Å². The third-order valence-electron chi connectivity index (χ3n) is 6.04. The predicted molar refractivity (Wildman–Crippen MR) is 127 cm³/mol. The van der Waals surface area contributed by atoms with Gasteiger partial charge in [0, 0.05) is 12.5 Å². The Balaban J connectivity index is 1.38. The van der Waals surface area contributed by atoms with Gasteiger partial charge in [0.2, 0.25) is 0 Å². The summed E-state index contributed by atoms with van der Waals surface area (Å²) in [7, 11) is 0. The van der Waals surface area contributed by atoms with E-state index >= 15 is 0 Å². The Morgan fingerprint density at radius 3 is 2.12 bits per heavy atom. The van der Waals surface area contributed by atoms with E-state index in [1.807, 2.05) is 24.3 Å². The molecule has 1 amide bonds. The molecule has 5 heteroatoms. The summed E-state index contributed by atoms with van der Waals surface area (Å²) in [6.45, 7) is 4.86. The highest BCUT2D eigenvalue weighted by Crippen LogP contribution is 2.44. The largest absolute Gasteiger partial charge is 0.465 e. The van der Waals surface area contributed by atoms with Gasteiger partial charge in [0.15, 0.2) is 0 Å². The van der Waals surface area contributed by atoms with Gasteiger partial charge in [-0.05, 0) is 28.7 Å². The standard InChI is InChI=1S/C27H35NO4/c1-3-4-5-6-7-12-17-31-26(29)20(2)18-28-27(30)32-19-25-23-15-10-8-13-21(23)22-14-9-11-16-24(22)25/h8-11,13-16,20,25H,3-7,12,17-19H2,1-2H3,(H,28,30)/t20-/m0/s1. The van der Waals surface area contributed by atoms with Crippen molar-refractivity contribution in [3.8, 4) is 11.1 Å². The average molecular weight is 438 g/mol. The van der Waals surface area contributed by atoms with Crippen molar-refractivity contribution in [3.05, 3.63) is 59.7 Å². The van der Waals surface area contributed by atoms with Gasteiger partial charge in [0.25, 0.3) is 0 Å². The fourth-order valence-corrected chi connectivity index (χ4v) is 4.17. The topological polar surface area (TPSA) is 64.6 Å². The highest BCUT2D eigenvalue weighted by Gasteiger charge is 2.29. The number of hydrogen-bond donors (Lipinski definition) is 1. The Labute approximate surface area is 191 Å². The van der Waals surface area contributed by atoms with Crippen molar-refractivity contribution < 1.29 is 19.1 Å². The van der Waals surface area contributed by atoms with Crippen LogP contribution < -0.4 is 5.32 Å². The fraction of sp³-hybridized carbons (Fsp3) is 0.481. The van der Waals surface area contributed by atoms with Crippen molar-refractivity contribution in [3.63, 3.8) is 0 Å². The third-order valence-corrected chi connectivity index (χ3v) is 6.04. The first-order chi connectivity index (χ1) is 15.6. The lowest BCUT2D eigenvalue weighted by Crippen LogP contribution is -2.33. The quantitative estimate of drug-likeness (QED) is 0.324. The Hall–Kier alpha value is -2.82. The summed E-state index contributed by atoms with van der Waals surface area (Å²) >= 11 is 0. The third kappa shape index (κ3) is 6.35. The van der Waals surface area contributed by atoms with Crippen LogP contribution in [-0.4, -0.2) is 31.8 Å². The van der Waals surface area contributed by atoms with Crippen LogP contribution in [0.5, 0.6) is 0 Å². The van der Waals surface area contributed by atoms with Crippen molar-refractivity contribution >= 4 is 12.1 Å². The van der Waals surface area contributed by atoms with Gasteiger partial charge in [-0.3, -0.25) is 4.79 Å². The minimum atomic E-state index is -0.512. The maximum atomic E-state index is 12.3. The van der Waals surface area contributed by atoms with E-state index in [0.717, 1.165) is 12.8 Å². The van der Waals surface area contributed by atoms with Gasteiger partial charge < -0.3 is 14.8 Å². The van der Waals surface area contributed by atoms with Crippen LogP contribution >= 0.6 is 0 Å². The Morgan fingerprint density at radius 1 is 0.875 bits per heavy atom. The van der Waals surface area contributed by atoms with Crippen LogP contribution in [0.15, 0.2) is 48.5 Å². The van der Waals surface area contributed by atoms with Gasteiger partial charge in [0.1, 0.15) is 6.61 Å². The van der Waals surface area contributed by atoms with E-state index in [0.29, 0.717) is 6.61 Å². The zero-order valence-corrected chi connectivity index (χ0v) is 19.3. The number of fused-ring (bicyclic) bond motifs is 3. The second kappa shape index (κ2) is 12.3. The number of carbonyl (C=O) groups excluding carboxylic acids is 2. The SMILES string of the molecule is CCCCCCCCOC(=O)[C@@H](C)CNC(=O)OCC1c2ccccc2-c2ccccc21. The second-order valence-corrected chi connectivity index (χ2v) is 8.54. The number of alkyl carbamates (subject to hydrolysis) is 1. The van der Waals surface area contributed by atoms with E-state index in [9.17, 15) is 9.59 Å². The van der Waals surface area contributed by atoms with E-state index in [4.69, 9.17) is 9.47 Å². The summed E-state index contributed by atoms with van der Waals surface area (Å²) in [5, 5.41) is 2.70. The zero-order chi connectivity index (χ0) is 22.8. The molecule has 0 unspecified atom stereocenters. The van der Waals surface area contributed by atoms with Crippen LogP contribution in [0, 0.1) is 5.92 Å². The van der Waals surface area contributed by atoms with Crippen molar-refractivity contribution in [1.29, 1.82) is 0 Å². The summed E-state index contributed by atoms with van der Waals surface area (Å²) < 4.78 is 10.8. The first kappa shape index (κ1) is 23.8. The number of rotatable bonds is 12. The van der Waals surface area contributed by atoms with Crippen LogP contribution in [0.1, 0.15) is 69.4 Å². The zero-order valence-electron chi connectivity index (χ0n) is 19.3. The number of amides is 1. The van der Waals surface area contributed by atoms with Crippen LogP contribution in [0.4, 0.5) is 4.79 Å². The molecule has 1 N–H and O–H groups in total. The molecule has 2 aromatic carbocycles. The predicted octanol–water partition coefficient (Wildman–Crippen LogP) is 6.06. The summed E-state index contributed by atoms with van der Waals surface area (Å²) in [4.78, 5) is 24.4. The molecule has 0 bridgehead atoms. The molecule has 1 atom stereocenters. The summed E-state index contributed by atoms with van der Waals surface area (Å²) in [5.74, 6) is -0.666.